The number of hydrogen-bond donors (Lipinski definition) is 2. The first kappa shape index (κ1) is 21.6. The van der Waals surface area contributed by atoms with Crippen molar-refractivity contribution in [1.82, 2.24) is 10.6 Å². The Morgan fingerprint density at radius 3 is 2.37 bits per heavy atom. The molecule has 0 bridgehead atoms. The fourth-order valence-electron chi connectivity index (χ4n) is 3.88. The van der Waals surface area contributed by atoms with Gasteiger partial charge < -0.3 is 10.6 Å². The van der Waals surface area contributed by atoms with Crippen LogP contribution in [-0.2, 0) is 24.1 Å². The van der Waals surface area contributed by atoms with Crippen LogP contribution in [0, 0.1) is 11.3 Å². The van der Waals surface area contributed by atoms with Gasteiger partial charge in [-0.05, 0) is 73.8 Å². The average molecular weight is 402 g/mol. The molecular weight excluding hydrogens is 370 g/mol. The van der Waals surface area contributed by atoms with Crippen LogP contribution in [0.15, 0.2) is 54.2 Å². The summed E-state index contributed by atoms with van der Waals surface area (Å²) in [4.78, 5) is 12.6. The summed E-state index contributed by atoms with van der Waals surface area (Å²) >= 11 is 0. The van der Waals surface area contributed by atoms with Crippen LogP contribution in [0.25, 0.3) is 0 Å². The highest BCUT2D eigenvalue weighted by Gasteiger charge is 2.16. The van der Waals surface area contributed by atoms with Crippen LogP contribution in [0.2, 0.25) is 0 Å². The highest BCUT2D eigenvalue weighted by Crippen LogP contribution is 2.25. The first-order valence-electron chi connectivity index (χ1n) is 10.9. The second-order valence-electron chi connectivity index (χ2n) is 8.08. The third kappa shape index (κ3) is 5.30. The zero-order chi connectivity index (χ0) is 21.5. The molecule has 0 radical (unpaired) electrons. The molecule has 0 aliphatic heterocycles. The number of aryl methyl sites for hydroxylation is 3. The molecule has 30 heavy (non-hydrogen) atoms. The van der Waals surface area contributed by atoms with E-state index in [1.807, 2.05) is 19.9 Å². The molecule has 0 heterocycles. The molecule has 1 amide bonds. The standard InChI is InChI=1S/C26H31N3O/c1-4-20-9-11-21(12-10-20)18(2)28-17-25(16-27)26(30)29-19(3)23-14-13-22-7-5-6-8-24(22)15-23/h9-15,17-19,28H,4-8H2,1-3H3,(H,29,30)/b25-17-. The van der Waals surface area contributed by atoms with Crippen molar-refractivity contribution in [1.29, 1.82) is 5.26 Å². The van der Waals surface area contributed by atoms with Gasteiger partial charge in [0, 0.05) is 12.2 Å². The van der Waals surface area contributed by atoms with Crippen LogP contribution in [0.4, 0.5) is 0 Å². The van der Waals surface area contributed by atoms with Gasteiger partial charge in [-0.3, -0.25) is 4.79 Å². The van der Waals surface area contributed by atoms with Gasteiger partial charge in [-0.1, -0.05) is 49.4 Å². The lowest BCUT2D eigenvalue weighted by molar-refractivity contribution is -0.117. The van der Waals surface area contributed by atoms with Gasteiger partial charge in [0.05, 0.1) is 6.04 Å². The quantitative estimate of drug-likeness (QED) is 0.503. The van der Waals surface area contributed by atoms with Crippen molar-refractivity contribution >= 4 is 5.91 Å². The first-order valence-corrected chi connectivity index (χ1v) is 10.9. The van der Waals surface area contributed by atoms with Gasteiger partial charge in [-0.25, -0.2) is 0 Å². The second-order valence-corrected chi connectivity index (χ2v) is 8.08. The van der Waals surface area contributed by atoms with Crippen molar-refractivity contribution in [2.75, 3.05) is 0 Å². The smallest absolute Gasteiger partial charge is 0.263 e. The number of fused-ring (bicyclic) bond motifs is 1. The molecule has 2 aromatic carbocycles. The number of carbonyl (C=O) groups excluding carboxylic acids is 1. The summed E-state index contributed by atoms with van der Waals surface area (Å²) in [6.07, 6.45) is 7.25. The fraction of sp³-hybridized carbons (Fsp3) is 0.385. The molecule has 1 aliphatic rings. The Morgan fingerprint density at radius 1 is 1.03 bits per heavy atom. The zero-order valence-electron chi connectivity index (χ0n) is 18.2. The number of benzene rings is 2. The molecule has 2 unspecified atom stereocenters. The van der Waals surface area contributed by atoms with E-state index in [9.17, 15) is 10.1 Å². The molecule has 2 N–H and O–H groups in total. The van der Waals surface area contributed by atoms with E-state index in [0.717, 1.165) is 30.4 Å². The minimum Gasteiger partial charge on any atom is -0.383 e. The third-order valence-electron chi connectivity index (χ3n) is 5.95. The van der Waals surface area contributed by atoms with Gasteiger partial charge in [0.15, 0.2) is 0 Å². The number of carbonyl (C=O) groups is 1. The maximum absolute atomic E-state index is 12.6. The Bertz CT molecular complexity index is 953. The van der Waals surface area contributed by atoms with Gasteiger partial charge in [0.2, 0.25) is 0 Å². The predicted octanol–water partition coefficient (Wildman–Crippen LogP) is 5.06. The summed E-state index contributed by atoms with van der Waals surface area (Å²) in [7, 11) is 0. The topological polar surface area (TPSA) is 64.9 Å². The van der Waals surface area contributed by atoms with E-state index in [4.69, 9.17) is 0 Å². The van der Waals surface area contributed by atoms with Crippen LogP contribution in [-0.4, -0.2) is 5.91 Å². The molecule has 3 rings (SSSR count). The Balaban J connectivity index is 1.62. The lowest BCUT2D eigenvalue weighted by Crippen LogP contribution is -2.29. The molecule has 4 heteroatoms. The average Bonchev–Trinajstić information content (AvgIpc) is 2.79. The molecule has 4 nitrogen and oxygen atoms in total. The monoisotopic (exact) mass is 401 g/mol. The van der Waals surface area contributed by atoms with E-state index >= 15 is 0 Å². The molecule has 2 atom stereocenters. The molecule has 0 aromatic heterocycles. The fourth-order valence-corrected chi connectivity index (χ4v) is 3.88. The normalized spacial score (nSPS) is 15.5. The number of hydrogen-bond acceptors (Lipinski definition) is 3. The molecular formula is C26H31N3O. The third-order valence-corrected chi connectivity index (χ3v) is 5.95. The van der Waals surface area contributed by atoms with Crippen molar-refractivity contribution in [3.63, 3.8) is 0 Å². The van der Waals surface area contributed by atoms with E-state index in [1.54, 1.807) is 0 Å². The predicted molar refractivity (Wildman–Crippen MR) is 121 cm³/mol. The maximum Gasteiger partial charge on any atom is 0.263 e. The zero-order valence-corrected chi connectivity index (χ0v) is 18.2. The van der Waals surface area contributed by atoms with E-state index in [1.165, 1.54) is 35.7 Å². The lowest BCUT2D eigenvalue weighted by Gasteiger charge is -2.20. The SMILES string of the molecule is CCc1ccc(C(C)N/C=C(/C#N)C(=O)NC(C)c2ccc3c(c2)CCCC3)cc1. The van der Waals surface area contributed by atoms with Crippen molar-refractivity contribution < 1.29 is 4.79 Å². The summed E-state index contributed by atoms with van der Waals surface area (Å²) in [6, 6.07) is 16.7. The number of rotatable bonds is 7. The summed E-state index contributed by atoms with van der Waals surface area (Å²) in [5.41, 5.74) is 6.38. The molecule has 0 saturated heterocycles. The molecule has 156 valence electrons. The minimum absolute atomic E-state index is 0.00475. The van der Waals surface area contributed by atoms with Crippen LogP contribution in [0.1, 0.15) is 73.5 Å². The van der Waals surface area contributed by atoms with E-state index in [-0.39, 0.29) is 23.6 Å². The van der Waals surface area contributed by atoms with Crippen LogP contribution in [0.3, 0.4) is 0 Å². The number of amides is 1. The lowest BCUT2D eigenvalue weighted by atomic mass is 9.89. The summed E-state index contributed by atoms with van der Waals surface area (Å²) in [5, 5.41) is 15.6. The van der Waals surface area contributed by atoms with Crippen molar-refractivity contribution in [2.24, 2.45) is 0 Å². The second kappa shape index (κ2) is 10.1. The van der Waals surface area contributed by atoms with Crippen molar-refractivity contribution in [2.45, 2.75) is 65.0 Å². The summed E-state index contributed by atoms with van der Waals surface area (Å²) < 4.78 is 0. The largest absolute Gasteiger partial charge is 0.383 e. The Labute approximate surface area is 180 Å². The number of nitrogens with zero attached hydrogens (tertiary/aromatic N) is 1. The molecule has 1 aliphatic carbocycles. The van der Waals surface area contributed by atoms with Gasteiger partial charge >= 0.3 is 0 Å². The van der Waals surface area contributed by atoms with Crippen LogP contribution in [0.5, 0.6) is 0 Å². The van der Waals surface area contributed by atoms with Crippen LogP contribution >= 0.6 is 0 Å². The van der Waals surface area contributed by atoms with E-state index in [0.29, 0.717) is 0 Å². The molecule has 0 saturated carbocycles. The minimum atomic E-state index is -0.358. The number of nitriles is 1. The Morgan fingerprint density at radius 2 is 1.70 bits per heavy atom. The highest BCUT2D eigenvalue weighted by molar-refractivity contribution is 5.97. The Kier molecular flexibility index (Phi) is 7.30. The first-order chi connectivity index (χ1) is 14.5. The molecule has 0 fully saturated rings. The maximum atomic E-state index is 12.6. The van der Waals surface area contributed by atoms with Gasteiger partial charge in [0.25, 0.3) is 5.91 Å². The highest BCUT2D eigenvalue weighted by atomic mass is 16.1. The van der Waals surface area contributed by atoms with E-state index < -0.39 is 0 Å². The molecule has 2 aromatic rings. The summed E-state index contributed by atoms with van der Waals surface area (Å²) in [5.74, 6) is -0.358. The van der Waals surface area contributed by atoms with Gasteiger partial charge in [-0.15, -0.1) is 0 Å². The molecule has 0 spiro atoms. The van der Waals surface area contributed by atoms with Crippen molar-refractivity contribution in [3.05, 3.63) is 82.1 Å². The van der Waals surface area contributed by atoms with Crippen molar-refractivity contribution in [3.8, 4) is 6.07 Å². The summed E-state index contributed by atoms with van der Waals surface area (Å²) in [6.45, 7) is 6.10. The Hall–Kier alpha value is -3.06. The van der Waals surface area contributed by atoms with Gasteiger partial charge in [-0.2, -0.15) is 5.26 Å². The van der Waals surface area contributed by atoms with Crippen LogP contribution < -0.4 is 10.6 Å². The van der Waals surface area contributed by atoms with E-state index in [2.05, 4.69) is 60.0 Å². The number of nitrogens with one attached hydrogen (secondary N) is 2. The van der Waals surface area contributed by atoms with Gasteiger partial charge in [0.1, 0.15) is 11.6 Å².